The first-order chi connectivity index (χ1) is 9.17. The molecule has 19 heavy (non-hydrogen) atoms. The normalized spacial score (nSPS) is 25.5. The van der Waals surface area contributed by atoms with Crippen LogP contribution in [0.4, 0.5) is 0 Å². The van der Waals surface area contributed by atoms with Crippen LogP contribution < -0.4 is 5.73 Å². The Labute approximate surface area is 125 Å². The summed E-state index contributed by atoms with van der Waals surface area (Å²) in [5.74, 6) is 1.48. The molecule has 1 aromatic heterocycles. The molecule has 0 spiro atoms. The summed E-state index contributed by atoms with van der Waals surface area (Å²) in [6.07, 6.45) is 9.54. The highest BCUT2D eigenvalue weighted by Gasteiger charge is 2.29. The molecule has 3 atom stereocenters. The number of aryl methyl sites for hydroxylation is 1. The zero-order valence-corrected chi connectivity index (χ0v) is 13.7. The molecule has 2 rings (SSSR count). The van der Waals surface area contributed by atoms with Gasteiger partial charge in [0.2, 0.25) is 0 Å². The van der Waals surface area contributed by atoms with E-state index in [1.54, 1.807) is 0 Å². The van der Waals surface area contributed by atoms with Gasteiger partial charge in [-0.2, -0.15) is 5.10 Å². The van der Waals surface area contributed by atoms with E-state index in [1.165, 1.54) is 37.8 Å². The lowest BCUT2D eigenvalue weighted by atomic mass is 9.76. The van der Waals surface area contributed by atoms with Crippen LogP contribution in [0.5, 0.6) is 0 Å². The third-order valence-corrected chi connectivity index (χ3v) is 5.10. The minimum absolute atomic E-state index is 0.123. The molecule has 1 aliphatic carbocycles. The summed E-state index contributed by atoms with van der Waals surface area (Å²) in [5.41, 5.74) is 7.77. The number of hydrogen-bond acceptors (Lipinski definition) is 2. The maximum atomic E-state index is 6.57. The summed E-state index contributed by atoms with van der Waals surface area (Å²) < 4.78 is 3.16. The van der Waals surface area contributed by atoms with Crippen molar-refractivity contribution in [1.29, 1.82) is 0 Å². The van der Waals surface area contributed by atoms with E-state index >= 15 is 0 Å². The van der Waals surface area contributed by atoms with Gasteiger partial charge in [-0.15, -0.1) is 0 Å². The quantitative estimate of drug-likeness (QED) is 0.877. The lowest BCUT2D eigenvalue weighted by molar-refractivity contribution is 0.224. The first kappa shape index (κ1) is 15.0. The van der Waals surface area contributed by atoms with Crippen molar-refractivity contribution in [1.82, 2.24) is 9.78 Å². The molecule has 108 valence electrons. The summed E-state index contributed by atoms with van der Waals surface area (Å²) >= 11 is 3.62. The second-order valence-electron chi connectivity index (χ2n) is 5.83. The summed E-state index contributed by atoms with van der Waals surface area (Å²) in [6, 6.07) is 0.123. The highest BCUT2D eigenvalue weighted by Crippen LogP contribution is 2.39. The van der Waals surface area contributed by atoms with Crippen molar-refractivity contribution in [3.63, 3.8) is 0 Å². The highest BCUT2D eigenvalue weighted by molar-refractivity contribution is 9.10. The summed E-state index contributed by atoms with van der Waals surface area (Å²) in [7, 11) is 0. The second-order valence-corrected chi connectivity index (χ2v) is 6.68. The van der Waals surface area contributed by atoms with Gasteiger partial charge in [0.1, 0.15) is 0 Å². The summed E-state index contributed by atoms with van der Waals surface area (Å²) in [6.45, 7) is 5.44. The van der Waals surface area contributed by atoms with Crippen LogP contribution in [0, 0.1) is 11.8 Å². The Balaban J connectivity index is 2.14. The minimum atomic E-state index is 0.123. The molecule has 0 saturated heterocycles. The Kier molecular flexibility index (Phi) is 5.46. The lowest BCUT2D eigenvalue weighted by Crippen LogP contribution is -2.29. The number of hydrogen-bond donors (Lipinski definition) is 1. The Hall–Kier alpha value is -0.350. The van der Waals surface area contributed by atoms with E-state index in [1.807, 2.05) is 6.20 Å². The molecule has 2 N–H and O–H groups in total. The van der Waals surface area contributed by atoms with Gasteiger partial charge in [0.15, 0.2) is 0 Å². The van der Waals surface area contributed by atoms with E-state index in [4.69, 9.17) is 5.73 Å². The molecule has 4 heteroatoms. The van der Waals surface area contributed by atoms with Crippen LogP contribution in [0.2, 0.25) is 0 Å². The van der Waals surface area contributed by atoms with Gasteiger partial charge in [-0.3, -0.25) is 4.68 Å². The van der Waals surface area contributed by atoms with Crippen molar-refractivity contribution >= 4 is 15.9 Å². The largest absolute Gasteiger partial charge is 0.322 e. The number of rotatable bonds is 5. The number of halogens is 1. The van der Waals surface area contributed by atoms with Crippen molar-refractivity contribution in [3.8, 4) is 0 Å². The number of nitrogens with zero attached hydrogens (tertiary/aromatic N) is 2. The topological polar surface area (TPSA) is 43.8 Å². The fourth-order valence-electron chi connectivity index (χ4n) is 3.35. The van der Waals surface area contributed by atoms with Gasteiger partial charge in [0.05, 0.1) is 22.4 Å². The van der Waals surface area contributed by atoms with Crippen molar-refractivity contribution in [3.05, 3.63) is 16.4 Å². The van der Waals surface area contributed by atoms with Crippen molar-refractivity contribution in [2.45, 2.75) is 65.0 Å². The average Bonchev–Trinajstić information content (AvgIpc) is 2.79. The van der Waals surface area contributed by atoms with Gasteiger partial charge >= 0.3 is 0 Å². The molecular formula is C15H26BrN3. The van der Waals surface area contributed by atoms with Crippen molar-refractivity contribution < 1.29 is 0 Å². The molecule has 3 unspecified atom stereocenters. The zero-order chi connectivity index (χ0) is 13.8. The van der Waals surface area contributed by atoms with E-state index < -0.39 is 0 Å². The first-order valence-corrected chi connectivity index (χ1v) is 8.43. The SMILES string of the molecule is CCCn1ncc(Br)c1C(N)C1CCCC(CC)C1. The van der Waals surface area contributed by atoms with Gasteiger partial charge in [-0.1, -0.05) is 33.1 Å². The van der Waals surface area contributed by atoms with Gasteiger partial charge in [-0.25, -0.2) is 0 Å². The van der Waals surface area contributed by atoms with E-state index in [-0.39, 0.29) is 6.04 Å². The standard InChI is InChI=1S/C15H26BrN3/c1-3-8-19-15(13(16)10-18-19)14(17)12-7-5-6-11(4-2)9-12/h10-12,14H,3-9,17H2,1-2H3. The molecule has 1 aromatic rings. The Bertz CT molecular complexity index is 402. The number of aromatic nitrogens is 2. The van der Waals surface area contributed by atoms with Gasteiger partial charge < -0.3 is 5.73 Å². The van der Waals surface area contributed by atoms with Crippen LogP contribution in [-0.4, -0.2) is 9.78 Å². The Morgan fingerprint density at radius 3 is 2.95 bits per heavy atom. The molecule has 1 aliphatic rings. The maximum Gasteiger partial charge on any atom is 0.0696 e. The van der Waals surface area contributed by atoms with Crippen LogP contribution in [0.15, 0.2) is 10.7 Å². The first-order valence-electron chi connectivity index (χ1n) is 7.64. The molecule has 1 heterocycles. The second kappa shape index (κ2) is 6.89. The average molecular weight is 328 g/mol. The number of nitrogens with two attached hydrogens (primary N) is 1. The van der Waals surface area contributed by atoms with Gasteiger partial charge in [-0.05, 0) is 47.0 Å². The fraction of sp³-hybridized carbons (Fsp3) is 0.800. The molecule has 1 saturated carbocycles. The Morgan fingerprint density at radius 2 is 2.26 bits per heavy atom. The van der Waals surface area contributed by atoms with Crippen LogP contribution >= 0.6 is 15.9 Å². The van der Waals surface area contributed by atoms with E-state index in [0.29, 0.717) is 5.92 Å². The summed E-state index contributed by atoms with van der Waals surface area (Å²) in [5, 5.41) is 4.45. The fourth-order valence-corrected chi connectivity index (χ4v) is 3.91. The minimum Gasteiger partial charge on any atom is -0.322 e. The maximum absolute atomic E-state index is 6.57. The van der Waals surface area contributed by atoms with Gasteiger partial charge in [0, 0.05) is 6.54 Å². The van der Waals surface area contributed by atoms with E-state index in [0.717, 1.165) is 23.4 Å². The van der Waals surface area contributed by atoms with Crippen LogP contribution in [0.25, 0.3) is 0 Å². The van der Waals surface area contributed by atoms with Crippen LogP contribution in [-0.2, 0) is 6.54 Å². The van der Waals surface area contributed by atoms with Crippen LogP contribution in [0.3, 0.4) is 0 Å². The molecular weight excluding hydrogens is 302 g/mol. The van der Waals surface area contributed by atoms with Crippen molar-refractivity contribution in [2.75, 3.05) is 0 Å². The third-order valence-electron chi connectivity index (χ3n) is 4.49. The zero-order valence-electron chi connectivity index (χ0n) is 12.1. The van der Waals surface area contributed by atoms with Crippen LogP contribution in [0.1, 0.15) is 64.1 Å². The molecule has 0 aromatic carbocycles. The highest BCUT2D eigenvalue weighted by atomic mass is 79.9. The molecule has 0 aliphatic heterocycles. The Morgan fingerprint density at radius 1 is 1.47 bits per heavy atom. The van der Waals surface area contributed by atoms with E-state index in [2.05, 4.69) is 39.6 Å². The molecule has 1 fully saturated rings. The molecule has 0 amide bonds. The predicted molar refractivity (Wildman–Crippen MR) is 82.9 cm³/mol. The lowest BCUT2D eigenvalue weighted by Gasteiger charge is -2.32. The smallest absolute Gasteiger partial charge is 0.0696 e. The van der Waals surface area contributed by atoms with Crippen molar-refractivity contribution in [2.24, 2.45) is 17.6 Å². The monoisotopic (exact) mass is 327 g/mol. The molecule has 0 radical (unpaired) electrons. The third kappa shape index (κ3) is 3.40. The summed E-state index contributed by atoms with van der Waals surface area (Å²) in [4.78, 5) is 0. The molecule has 0 bridgehead atoms. The predicted octanol–water partition coefficient (Wildman–Crippen LogP) is 4.27. The van der Waals surface area contributed by atoms with E-state index in [9.17, 15) is 0 Å². The van der Waals surface area contributed by atoms with Gasteiger partial charge in [0.25, 0.3) is 0 Å². The molecule has 3 nitrogen and oxygen atoms in total.